The minimum absolute atomic E-state index is 0.156. The fraction of sp³-hybridized carbons (Fsp3) is 0.200. The number of benzene rings is 1. The van der Waals surface area contributed by atoms with Gasteiger partial charge in [0.05, 0.1) is 25.5 Å². The first-order chi connectivity index (χ1) is 10.6. The number of anilines is 1. The molecule has 0 fully saturated rings. The number of ether oxygens (including phenoxy) is 1. The summed E-state index contributed by atoms with van der Waals surface area (Å²) in [6.45, 7) is 1.73. The van der Waals surface area contributed by atoms with E-state index in [1.54, 1.807) is 12.1 Å². The highest BCUT2D eigenvalue weighted by Crippen LogP contribution is 2.24. The van der Waals surface area contributed by atoms with Crippen LogP contribution in [0.15, 0.2) is 36.8 Å². The number of methoxy groups -OCH3 is 1. The van der Waals surface area contributed by atoms with Crippen LogP contribution in [0, 0.1) is 6.92 Å². The van der Waals surface area contributed by atoms with Crippen molar-refractivity contribution in [2.24, 2.45) is 0 Å². The summed E-state index contributed by atoms with van der Waals surface area (Å²) < 4.78 is 5.18. The van der Waals surface area contributed by atoms with Crippen molar-refractivity contribution in [3.05, 3.63) is 48.0 Å². The molecule has 7 nitrogen and oxygen atoms in total. The van der Waals surface area contributed by atoms with Crippen LogP contribution in [0.25, 0.3) is 0 Å². The number of hydrogen-bond acceptors (Lipinski definition) is 5. The molecule has 2 amide bonds. The third kappa shape index (κ3) is 4.02. The van der Waals surface area contributed by atoms with Crippen molar-refractivity contribution < 1.29 is 14.3 Å². The van der Waals surface area contributed by atoms with Crippen molar-refractivity contribution in [3.8, 4) is 5.75 Å². The molecule has 1 heterocycles. The van der Waals surface area contributed by atoms with Crippen molar-refractivity contribution in [1.82, 2.24) is 15.3 Å². The van der Waals surface area contributed by atoms with E-state index < -0.39 is 5.91 Å². The number of nitrogens with zero attached hydrogens (tertiary/aromatic N) is 2. The quantitative estimate of drug-likeness (QED) is 0.864. The molecule has 0 unspecified atom stereocenters. The highest BCUT2D eigenvalue weighted by atomic mass is 16.5. The number of aryl methyl sites for hydroxylation is 1. The molecule has 0 atom stereocenters. The minimum atomic E-state index is -0.459. The summed E-state index contributed by atoms with van der Waals surface area (Å²) in [5.74, 6) is -0.264. The van der Waals surface area contributed by atoms with Gasteiger partial charge >= 0.3 is 0 Å². The van der Waals surface area contributed by atoms with Crippen molar-refractivity contribution in [3.63, 3.8) is 0 Å². The van der Waals surface area contributed by atoms with Gasteiger partial charge in [-0.2, -0.15) is 0 Å². The standard InChI is InChI=1S/C15H16N4O3/c1-10-3-4-13(22-2)11(7-10)19-14(20)9-18-15(21)12-8-16-5-6-17-12/h3-8H,9H2,1-2H3,(H,18,21)(H,19,20). The average molecular weight is 300 g/mol. The highest BCUT2D eigenvalue weighted by molar-refractivity contribution is 5.98. The molecular weight excluding hydrogens is 284 g/mol. The van der Waals surface area contributed by atoms with E-state index in [4.69, 9.17) is 4.74 Å². The Balaban J connectivity index is 1.94. The first kappa shape index (κ1) is 15.4. The summed E-state index contributed by atoms with van der Waals surface area (Å²) in [5.41, 5.74) is 1.70. The molecule has 1 aromatic carbocycles. The van der Waals surface area contributed by atoms with Gasteiger partial charge in [0, 0.05) is 12.4 Å². The fourth-order valence-electron chi connectivity index (χ4n) is 1.78. The molecule has 0 aliphatic rings. The predicted molar refractivity (Wildman–Crippen MR) is 80.7 cm³/mol. The molecule has 114 valence electrons. The van der Waals surface area contributed by atoms with E-state index in [1.807, 2.05) is 13.0 Å². The molecule has 2 aromatic rings. The lowest BCUT2D eigenvalue weighted by Gasteiger charge is -2.11. The fourth-order valence-corrected chi connectivity index (χ4v) is 1.78. The number of nitrogens with one attached hydrogen (secondary N) is 2. The highest BCUT2D eigenvalue weighted by Gasteiger charge is 2.11. The first-order valence-electron chi connectivity index (χ1n) is 6.59. The van der Waals surface area contributed by atoms with E-state index in [1.165, 1.54) is 25.7 Å². The second kappa shape index (κ2) is 7.16. The summed E-state index contributed by atoms with van der Waals surface area (Å²) in [4.78, 5) is 31.3. The van der Waals surface area contributed by atoms with Gasteiger partial charge in [-0.25, -0.2) is 4.98 Å². The Morgan fingerprint density at radius 3 is 2.77 bits per heavy atom. The van der Waals surface area contributed by atoms with Crippen LogP contribution in [0.1, 0.15) is 16.1 Å². The number of carbonyl (C=O) groups excluding carboxylic acids is 2. The van der Waals surface area contributed by atoms with Crippen LogP contribution in [0.2, 0.25) is 0 Å². The van der Waals surface area contributed by atoms with Crippen LogP contribution in [0.5, 0.6) is 5.75 Å². The predicted octanol–water partition coefficient (Wildman–Crippen LogP) is 1.16. The zero-order chi connectivity index (χ0) is 15.9. The van der Waals surface area contributed by atoms with Gasteiger partial charge in [-0.15, -0.1) is 0 Å². The summed E-state index contributed by atoms with van der Waals surface area (Å²) in [5, 5.41) is 5.17. The largest absolute Gasteiger partial charge is 0.495 e. The van der Waals surface area contributed by atoms with Crippen molar-refractivity contribution in [2.45, 2.75) is 6.92 Å². The van der Waals surface area contributed by atoms with Crippen LogP contribution >= 0.6 is 0 Å². The van der Waals surface area contributed by atoms with E-state index in [2.05, 4.69) is 20.6 Å². The Bertz CT molecular complexity index is 674. The van der Waals surface area contributed by atoms with Gasteiger partial charge in [0.25, 0.3) is 5.91 Å². The molecule has 1 aromatic heterocycles. The maximum atomic E-state index is 11.9. The lowest BCUT2D eigenvalue weighted by molar-refractivity contribution is -0.115. The maximum Gasteiger partial charge on any atom is 0.271 e. The molecular formula is C15H16N4O3. The van der Waals surface area contributed by atoms with Gasteiger partial charge in [0.1, 0.15) is 11.4 Å². The van der Waals surface area contributed by atoms with Crippen LogP contribution in [0.3, 0.4) is 0 Å². The van der Waals surface area contributed by atoms with Gasteiger partial charge in [0.15, 0.2) is 0 Å². The van der Waals surface area contributed by atoms with Crippen molar-refractivity contribution >= 4 is 17.5 Å². The normalized spacial score (nSPS) is 9.91. The van der Waals surface area contributed by atoms with Gasteiger partial charge < -0.3 is 15.4 Å². The minimum Gasteiger partial charge on any atom is -0.495 e. The summed E-state index contributed by atoms with van der Waals surface area (Å²) >= 11 is 0. The van der Waals surface area contributed by atoms with Gasteiger partial charge in [-0.1, -0.05) is 6.07 Å². The van der Waals surface area contributed by atoms with E-state index in [0.717, 1.165) is 5.56 Å². The maximum absolute atomic E-state index is 11.9. The van der Waals surface area contributed by atoms with E-state index in [-0.39, 0.29) is 18.1 Å². The number of hydrogen-bond donors (Lipinski definition) is 2. The van der Waals surface area contributed by atoms with Crippen LogP contribution in [-0.2, 0) is 4.79 Å². The molecule has 2 rings (SSSR count). The van der Waals surface area contributed by atoms with Gasteiger partial charge in [-0.05, 0) is 24.6 Å². The molecule has 0 saturated carbocycles. The average Bonchev–Trinajstić information content (AvgIpc) is 2.53. The Morgan fingerprint density at radius 1 is 1.27 bits per heavy atom. The molecule has 0 aliphatic heterocycles. The van der Waals surface area contributed by atoms with Gasteiger partial charge in [-0.3, -0.25) is 14.6 Å². The molecule has 22 heavy (non-hydrogen) atoms. The zero-order valence-corrected chi connectivity index (χ0v) is 12.3. The molecule has 7 heteroatoms. The Labute approximate surface area is 127 Å². The molecule has 0 radical (unpaired) electrons. The van der Waals surface area contributed by atoms with Crippen LogP contribution in [-0.4, -0.2) is 35.4 Å². The zero-order valence-electron chi connectivity index (χ0n) is 12.3. The molecule has 2 N–H and O–H groups in total. The summed E-state index contributed by atoms with van der Waals surface area (Å²) in [6.07, 6.45) is 4.21. The summed E-state index contributed by atoms with van der Waals surface area (Å²) in [6, 6.07) is 5.44. The molecule has 0 aliphatic carbocycles. The third-order valence-corrected chi connectivity index (χ3v) is 2.83. The SMILES string of the molecule is COc1ccc(C)cc1NC(=O)CNC(=O)c1cnccn1. The van der Waals surface area contributed by atoms with Crippen molar-refractivity contribution in [2.75, 3.05) is 19.0 Å². The lowest BCUT2D eigenvalue weighted by Crippen LogP contribution is -2.33. The topological polar surface area (TPSA) is 93.2 Å². The number of amides is 2. The Hall–Kier alpha value is -2.96. The Morgan fingerprint density at radius 2 is 2.09 bits per heavy atom. The first-order valence-corrected chi connectivity index (χ1v) is 6.59. The van der Waals surface area contributed by atoms with E-state index in [9.17, 15) is 9.59 Å². The van der Waals surface area contributed by atoms with Crippen molar-refractivity contribution in [1.29, 1.82) is 0 Å². The van der Waals surface area contributed by atoms with Crippen LogP contribution in [0.4, 0.5) is 5.69 Å². The smallest absolute Gasteiger partial charge is 0.271 e. The molecule has 0 saturated heterocycles. The summed E-state index contributed by atoms with van der Waals surface area (Å²) in [7, 11) is 1.52. The van der Waals surface area contributed by atoms with E-state index in [0.29, 0.717) is 11.4 Å². The van der Waals surface area contributed by atoms with Gasteiger partial charge in [0.2, 0.25) is 5.91 Å². The third-order valence-electron chi connectivity index (χ3n) is 2.83. The second-order valence-corrected chi connectivity index (χ2v) is 4.53. The Kier molecular flexibility index (Phi) is 5.02. The second-order valence-electron chi connectivity index (χ2n) is 4.53. The number of rotatable bonds is 5. The molecule has 0 spiro atoms. The monoisotopic (exact) mass is 300 g/mol. The van der Waals surface area contributed by atoms with E-state index >= 15 is 0 Å². The molecule has 0 bridgehead atoms. The lowest BCUT2D eigenvalue weighted by atomic mass is 10.2. The number of carbonyl (C=O) groups is 2. The van der Waals surface area contributed by atoms with Crippen LogP contribution < -0.4 is 15.4 Å². The number of aromatic nitrogens is 2.